The van der Waals surface area contributed by atoms with Crippen LogP contribution in [0.4, 0.5) is 0 Å². The van der Waals surface area contributed by atoms with E-state index < -0.39 is 54.1 Å². The van der Waals surface area contributed by atoms with Gasteiger partial charge in [-0.25, -0.2) is 4.79 Å². The summed E-state index contributed by atoms with van der Waals surface area (Å²) < 4.78 is 15.3. The number of Topliss-reactive ketones (excluding diaryl/α,β-unsaturated/α-hetero) is 1. The van der Waals surface area contributed by atoms with E-state index in [1.165, 1.54) is 20.1 Å². The highest BCUT2D eigenvalue weighted by atomic mass is 16.6. The fourth-order valence-corrected chi connectivity index (χ4v) is 3.21. The van der Waals surface area contributed by atoms with Gasteiger partial charge in [0, 0.05) is 26.1 Å². The Morgan fingerprint density at radius 2 is 1.85 bits per heavy atom. The monoisotopic (exact) mass is 473 g/mol. The number of allylic oxidation sites excluding steroid dienone is 1. The highest BCUT2D eigenvalue weighted by Gasteiger charge is 2.36. The second-order valence-electron chi connectivity index (χ2n) is 9.38. The van der Waals surface area contributed by atoms with Crippen molar-refractivity contribution in [1.82, 2.24) is 5.32 Å². The SMILES string of the molecule is CO[C@@H](C(=O)C[C@@H](C)C(=O)NCCOC(=O)[C@H]1CCCO1)[C@H](O)[C@@H](O)[C@H](O)/C=C/C(C)(C)C. The number of aliphatic hydroxyl groups is 3. The molecule has 0 radical (unpaired) electrons. The highest BCUT2D eigenvalue weighted by molar-refractivity contribution is 5.89. The predicted octanol–water partition coefficient (Wildman–Crippen LogP) is 0.120. The molecule has 0 saturated carbocycles. The molecular formula is C23H39NO9. The minimum Gasteiger partial charge on any atom is -0.462 e. The largest absolute Gasteiger partial charge is 0.462 e. The Bertz CT molecular complexity index is 667. The number of carbonyl (C=O) groups excluding carboxylic acids is 3. The molecule has 10 nitrogen and oxygen atoms in total. The molecule has 1 heterocycles. The maximum absolute atomic E-state index is 12.6. The van der Waals surface area contributed by atoms with Gasteiger partial charge in [-0.15, -0.1) is 0 Å². The summed E-state index contributed by atoms with van der Waals surface area (Å²) >= 11 is 0. The molecule has 33 heavy (non-hydrogen) atoms. The Morgan fingerprint density at radius 3 is 2.39 bits per heavy atom. The Hall–Kier alpha value is -1.85. The van der Waals surface area contributed by atoms with Crippen molar-refractivity contribution < 1.29 is 43.9 Å². The molecule has 0 spiro atoms. The molecule has 1 fully saturated rings. The first-order chi connectivity index (χ1) is 15.4. The molecule has 1 amide bonds. The number of methoxy groups -OCH3 is 1. The number of ether oxygens (including phenoxy) is 3. The molecule has 0 unspecified atom stereocenters. The van der Waals surface area contributed by atoms with Gasteiger partial charge >= 0.3 is 5.97 Å². The van der Waals surface area contributed by atoms with Crippen LogP contribution in [0.15, 0.2) is 12.2 Å². The van der Waals surface area contributed by atoms with Crippen molar-refractivity contribution in [3.05, 3.63) is 12.2 Å². The summed E-state index contributed by atoms with van der Waals surface area (Å²) in [5.41, 5.74) is -0.243. The third kappa shape index (κ3) is 10.3. The van der Waals surface area contributed by atoms with Crippen LogP contribution in [-0.4, -0.2) is 90.4 Å². The molecule has 0 bridgehead atoms. The third-order valence-corrected chi connectivity index (χ3v) is 5.17. The number of nitrogens with one attached hydrogen (secondary N) is 1. The van der Waals surface area contributed by atoms with Crippen LogP contribution < -0.4 is 5.32 Å². The fourth-order valence-electron chi connectivity index (χ4n) is 3.21. The number of carbonyl (C=O) groups is 3. The number of hydrogen-bond acceptors (Lipinski definition) is 9. The van der Waals surface area contributed by atoms with Crippen LogP contribution in [0.2, 0.25) is 0 Å². The van der Waals surface area contributed by atoms with E-state index in [0.717, 1.165) is 6.42 Å². The molecular weight excluding hydrogens is 434 g/mol. The summed E-state index contributed by atoms with van der Waals surface area (Å²) in [5.74, 6) is -2.24. The predicted molar refractivity (Wildman–Crippen MR) is 119 cm³/mol. The number of rotatable bonds is 13. The van der Waals surface area contributed by atoms with Crippen molar-refractivity contribution in [3.63, 3.8) is 0 Å². The van der Waals surface area contributed by atoms with E-state index in [1.807, 2.05) is 20.8 Å². The normalized spacial score (nSPS) is 21.3. The van der Waals surface area contributed by atoms with Gasteiger partial charge in [0.1, 0.15) is 31.0 Å². The van der Waals surface area contributed by atoms with Gasteiger partial charge in [-0.1, -0.05) is 39.8 Å². The summed E-state index contributed by atoms with van der Waals surface area (Å²) in [6.07, 6.45) is -2.49. The molecule has 190 valence electrons. The van der Waals surface area contributed by atoms with E-state index in [0.29, 0.717) is 13.0 Å². The van der Waals surface area contributed by atoms with Crippen LogP contribution in [0.5, 0.6) is 0 Å². The zero-order valence-electron chi connectivity index (χ0n) is 20.2. The zero-order chi connectivity index (χ0) is 25.2. The molecule has 4 N–H and O–H groups in total. The van der Waals surface area contributed by atoms with Crippen molar-refractivity contribution in [2.75, 3.05) is 26.9 Å². The van der Waals surface area contributed by atoms with Gasteiger partial charge in [0.25, 0.3) is 0 Å². The number of hydrogen-bond donors (Lipinski definition) is 4. The van der Waals surface area contributed by atoms with Crippen LogP contribution >= 0.6 is 0 Å². The van der Waals surface area contributed by atoms with E-state index in [1.54, 1.807) is 6.08 Å². The van der Waals surface area contributed by atoms with E-state index in [2.05, 4.69) is 5.32 Å². The third-order valence-electron chi connectivity index (χ3n) is 5.17. The van der Waals surface area contributed by atoms with E-state index in [-0.39, 0.29) is 25.0 Å². The van der Waals surface area contributed by atoms with Gasteiger partial charge in [0.2, 0.25) is 5.91 Å². The zero-order valence-corrected chi connectivity index (χ0v) is 20.2. The van der Waals surface area contributed by atoms with Crippen molar-refractivity contribution in [2.24, 2.45) is 11.3 Å². The number of aliphatic hydroxyl groups excluding tert-OH is 3. The molecule has 0 aromatic heterocycles. The van der Waals surface area contributed by atoms with Gasteiger partial charge in [-0.05, 0) is 18.3 Å². The minimum absolute atomic E-state index is 0.0172. The highest BCUT2D eigenvalue weighted by Crippen LogP contribution is 2.18. The maximum Gasteiger partial charge on any atom is 0.335 e. The average molecular weight is 474 g/mol. The quantitative estimate of drug-likeness (QED) is 0.166. The van der Waals surface area contributed by atoms with Gasteiger partial charge in [-0.2, -0.15) is 0 Å². The molecule has 1 aliphatic heterocycles. The van der Waals surface area contributed by atoms with Crippen LogP contribution in [-0.2, 0) is 28.6 Å². The average Bonchev–Trinajstić information content (AvgIpc) is 3.29. The topological polar surface area (TPSA) is 152 Å². The minimum atomic E-state index is -1.69. The first-order valence-electron chi connectivity index (χ1n) is 11.2. The van der Waals surface area contributed by atoms with Crippen molar-refractivity contribution in [1.29, 1.82) is 0 Å². The number of ketones is 1. The van der Waals surface area contributed by atoms with Crippen molar-refractivity contribution in [3.8, 4) is 0 Å². The van der Waals surface area contributed by atoms with Crippen molar-refractivity contribution >= 4 is 17.7 Å². The lowest BCUT2D eigenvalue weighted by molar-refractivity contribution is -0.154. The van der Waals surface area contributed by atoms with Crippen LogP contribution in [0.1, 0.15) is 47.0 Å². The molecule has 10 heteroatoms. The Labute approximate surface area is 195 Å². The van der Waals surface area contributed by atoms with E-state index in [9.17, 15) is 29.7 Å². The second-order valence-corrected chi connectivity index (χ2v) is 9.38. The molecule has 0 aromatic carbocycles. The summed E-state index contributed by atoms with van der Waals surface area (Å²) in [7, 11) is 1.20. The first-order valence-corrected chi connectivity index (χ1v) is 11.2. The first kappa shape index (κ1) is 29.2. The van der Waals surface area contributed by atoms with E-state index >= 15 is 0 Å². The van der Waals surface area contributed by atoms with Gasteiger partial charge in [0.05, 0.1) is 6.54 Å². The lowest BCUT2D eigenvalue weighted by atomic mass is 9.92. The van der Waals surface area contributed by atoms with Gasteiger partial charge in [0.15, 0.2) is 11.9 Å². The Kier molecular flexibility index (Phi) is 12.2. The van der Waals surface area contributed by atoms with Gasteiger partial charge < -0.3 is 34.8 Å². The van der Waals surface area contributed by atoms with E-state index in [4.69, 9.17) is 14.2 Å². The van der Waals surface area contributed by atoms with Gasteiger partial charge in [-0.3, -0.25) is 9.59 Å². The summed E-state index contributed by atoms with van der Waals surface area (Å²) in [6.45, 7) is 7.84. The molecule has 6 atom stereocenters. The molecule has 0 aromatic rings. The van der Waals surface area contributed by atoms with Crippen molar-refractivity contribution in [2.45, 2.75) is 77.5 Å². The maximum atomic E-state index is 12.6. The molecule has 0 aliphatic carbocycles. The number of amides is 1. The summed E-state index contributed by atoms with van der Waals surface area (Å²) in [5, 5.41) is 33.3. The van der Waals surface area contributed by atoms with Crippen LogP contribution in [0.3, 0.4) is 0 Å². The smallest absolute Gasteiger partial charge is 0.335 e. The standard InChI is InChI=1S/C23H39NO9/c1-14(21(29)24-10-12-33-22(30)17-7-6-11-32-17)13-16(26)20(31-5)19(28)18(27)15(25)8-9-23(2,3)4/h8-9,14-15,17-20,25,27-28H,6-7,10-13H2,1-5H3,(H,24,29)/b9-8+/t14-,15-,17-,18+,19-,20+/m1/s1. The molecule has 1 saturated heterocycles. The molecule has 1 rings (SSSR count). The lowest BCUT2D eigenvalue weighted by Crippen LogP contribution is -2.48. The molecule has 1 aliphatic rings. The lowest BCUT2D eigenvalue weighted by Gasteiger charge is -2.27. The number of esters is 1. The second kappa shape index (κ2) is 13.8. The fraction of sp³-hybridized carbons (Fsp3) is 0.783. The Morgan fingerprint density at radius 1 is 1.18 bits per heavy atom. The summed E-state index contributed by atoms with van der Waals surface area (Å²) in [4.78, 5) is 36.6. The van der Waals surface area contributed by atoms with Crippen LogP contribution in [0.25, 0.3) is 0 Å². The Balaban J connectivity index is 2.48. The van der Waals surface area contributed by atoms with Crippen LogP contribution in [0, 0.1) is 11.3 Å². The summed E-state index contributed by atoms with van der Waals surface area (Å²) in [6, 6.07) is 0.